The molecule has 1 atom stereocenters. The van der Waals surface area contributed by atoms with E-state index in [2.05, 4.69) is 26.6 Å². The predicted molar refractivity (Wildman–Crippen MR) is 125 cm³/mol. The summed E-state index contributed by atoms with van der Waals surface area (Å²) in [4.78, 5) is 37.3. The smallest absolute Gasteiger partial charge is 0.326 e. The number of carbonyl (C=O) groups is 3. The van der Waals surface area contributed by atoms with E-state index in [1.54, 1.807) is 48.5 Å². The molecule has 0 spiro atoms. The summed E-state index contributed by atoms with van der Waals surface area (Å²) in [6.07, 6.45) is 3.60. The number of hydrogen-bond donors (Lipinski definition) is 3. The van der Waals surface area contributed by atoms with Crippen molar-refractivity contribution in [2.75, 3.05) is 19.1 Å². The van der Waals surface area contributed by atoms with Crippen LogP contribution in [-0.4, -0.2) is 48.1 Å². The molecule has 9 heteroatoms. The number of thioether (sulfide) groups is 1. The molecule has 0 fully saturated rings. The van der Waals surface area contributed by atoms with E-state index in [0.717, 1.165) is 4.47 Å². The lowest BCUT2D eigenvalue weighted by Gasteiger charge is -2.17. The highest BCUT2D eigenvalue weighted by atomic mass is 79.9. The van der Waals surface area contributed by atoms with E-state index in [-0.39, 0.29) is 17.7 Å². The van der Waals surface area contributed by atoms with Crippen LogP contribution < -0.4 is 15.4 Å². The fourth-order valence-electron chi connectivity index (χ4n) is 2.64. The molecule has 2 rings (SSSR count). The Hall–Kier alpha value is -2.78. The molecule has 0 heterocycles. The first-order valence-electron chi connectivity index (χ1n) is 9.30. The van der Waals surface area contributed by atoms with Crippen LogP contribution in [0.5, 0.6) is 5.75 Å². The molecule has 0 aliphatic heterocycles. The minimum atomic E-state index is -1.14. The minimum Gasteiger partial charge on any atom is -0.496 e. The largest absolute Gasteiger partial charge is 0.496 e. The van der Waals surface area contributed by atoms with E-state index in [9.17, 15) is 19.5 Å². The molecule has 0 saturated heterocycles. The van der Waals surface area contributed by atoms with Crippen molar-refractivity contribution in [3.63, 3.8) is 0 Å². The predicted octanol–water partition coefficient (Wildman–Crippen LogP) is 3.55. The molecule has 1 unspecified atom stereocenters. The minimum absolute atomic E-state index is 0.0753. The first-order chi connectivity index (χ1) is 14.8. The first-order valence-corrected chi connectivity index (χ1v) is 11.5. The van der Waals surface area contributed by atoms with Gasteiger partial charge in [0.2, 0.25) is 0 Å². The van der Waals surface area contributed by atoms with Crippen molar-refractivity contribution < 1.29 is 24.2 Å². The van der Waals surface area contributed by atoms with Crippen molar-refractivity contribution in [3.8, 4) is 5.75 Å². The van der Waals surface area contributed by atoms with Gasteiger partial charge in [0.05, 0.1) is 12.7 Å². The van der Waals surface area contributed by atoms with E-state index in [4.69, 9.17) is 4.74 Å². The van der Waals surface area contributed by atoms with Crippen molar-refractivity contribution in [3.05, 3.63) is 69.8 Å². The van der Waals surface area contributed by atoms with Crippen molar-refractivity contribution in [1.29, 1.82) is 0 Å². The number of aliphatic carboxylic acids is 1. The summed E-state index contributed by atoms with van der Waals surface area (Å²) in [6, 6.07) is 12.6. The van der Waals surface area contributed by atoms with E-state index in [0.29, 0.717) is 17.1 Å². The van der Waals surface area contributed by atoms with Crippen LogP contribution in [0.2, 0.25) is 0 Å². The highest BCUT2D eigenvalue weighted by molar-refractivity contribution is 9.10. The molecule has 0 radical (unpaired) electrons. The Morgan fingerprint density at radius 1 is 1.16 bits per heavy atom. The van der Waals surface area contributed by atoms with E-state index < -0.39 is 23.8 Å². The fourth-order valence-corrected chi connectivity index (χ4v) is 3.37. The van der Waals surface area contributed by atoms with Gasteiger partial charge in [-0.05, 0) is 54.3 Å². The van der Waals surface area contributed by atoms with Gasteiger partial charge in [-0.3, -0.25) is 9.59 Å². The van der Waals surface area contributed by atoms with Crippen LogP contribution in [0, 0.1) is 0 Å². The molecule has 0 aromatic heterocycles. The third-order valence-electron chi connectivity index (χ3n) is 4.24. The summed E-state index contributed by atoms with van der Waals surface area (Å²) >= 11 is 4.83. The van der Waals surface area contributed by atoms with Crippen LogP contribution in [0.25, 0.3) is 6.08 Å². The lowest BCUT2D eigenvalue weighted by atomic mass is 10.1. The number of nitrogens with one attached hydrogen (secondary N) is 2. The second-order valence-electron chi connectivity index (χ2n) is 6.41. The SMILES string of the molecule is COc1ccccc1C(=O)N/C(=C/c1ccc(Br)cc1)C(=O)NC(CCSC)C(=O)O. The Bertz CT molecular complexity index is 963. The summed E-state index contributed by atoms with van der Waals surface area (Å²) in [5.41, 5.74) is 0.829. The van der Waals surface area contributed by atoms with Gasteiger partial charge in [0, 0.05) is 4.47 Å². The Kier molecular flexibility index (Phi) is 9.61. The van der Waals surface area contributed by atoms with Crippen molar-refractivity contribution >= 4 is 51.6 Å². The number of methoxy groups -OCH3 is 1. The Morgan fingerprint density at radius 2 is 1.84 bits per heavy atom. The number of para-hydroxylation sites is 1. The Morgan fingerprint density at radius 3 is 2.45 bits per heavy atom. The average Bonchev–Trinajstić information content (AvgIpc) is 2.77. The third kappa shape index (κ3) is 7.45. The van der Waals surface area contributed by atoms with Gasteiger partial charge in [-0.2, -0.15) is 11.8 Å². The van der Waals surface area contributed by atoms with E-state index in [1.807, 2.05) is 6.26 Å². The molecular formula is C22H23BrN2O5S. The van der Waals surface area contributed by atoms with E-state index >= 15 is 0 Å². The van der Waals surface area contributed by atoms with Crippen molar-refractivity contribution in [2.24, 2.45) is 0 Å². The van der Waals surface area contributed by atoms with Gasteiger partial charge in [-0.25, -0.2) is 4.79 Å². The molecule has 0 aliphatic rings. The van der Waals surface area contributed by atoms with Crippen LogP contribution >= 0.6 is 27.7 Å². The van der Waals surface area contributed by atoms with Crippen molar-refractivity contribution in [2.45, 2.75) is 12.5 Å². The van der Waals surface area contributed by atoms with Crippen LogP contribution in [0.15, 0.2) is 58.7 Å². The molecular weight excluding hydrogens is 484 g/mol. The van der Waals surface area contributed by atoms with Gasteiger partial charge in [0.15, 0.2) is 0 Å². The maximum atomic E-state index is 12.9. The topological polar surface area (TPSA) is 105 Å². The number of benzene rings is 2. The number of rotatable bonds is 10. The summed E-state index contributed by atoms with van der Waals surface area (Å²) in [7, 11) is 1.45. The monoisotopic (exact) mass is 506 g/mol. The summed E-state index contributed by atoms with van der Waals surface area (Å²) < 4.78 is 6.07. The average molecular weight is 507 g/mol. The number of carboxylic acids is 1. The zero-order valence-electron chi connectivity index (χ0n) is 17.1. The van der Waals surface area contributed by atoms with Crippen LogP contribution in [0.1, 0.15) is 22.3 Å². The molecule has 2 aromatic carbocycles. The quantitative estimate of drug-likeness (QED) is 0.425. The molecule has 7 nitrogen and oxygen atoms in total. The second kappa shape index (κ2) is 12.2. The highest BCUT2D eigenvalue weighted by Crippen LogP contribution is 2.18. The zero-order chi connectivity index (χ0) is 22.8. The Labute approximate surface area is 193 Å². The number of amides is 2. The number of hydrogen-bond acceptors (Lipinski definition) is 5. The van der Waals surface area contributed by atoms with Gasteiger partial charge < -0.3 is 20.5 Å². The zero-order valence-corrected chi connectivity index (χ0v) is 19.5. The summed E-state index contributed by atoms with van der Waals surface area (Å²) in [5.74, 6) is -1.46. The normalized spacial score (nSPS) is 12.0. The number of ether oxygens (including phenoxy) is 1. The van der Waals surface area contributed by atoms with Crippen LogP contribution in [-0.2, 0) is 9.59 Å². The standard InChI is InChI=1S/C22H23BrN2O5S/c1-30-19-6-4-3-5-16(19)20(26)25-18(13-14-7-9-15(23)10-8-14)21(27)24-17(22(28)29)11-12-31-2/h3-10,13,17H,11-12H2,1-2H3,(H,24,27)(H,25,26)(H,28,29)/b18-13+. The van der Waals surface area contributed by atoms with Gasteiger partial charge >= 0.3 is 5.97 Å². The lowest BCUT2D eigenvalue weighted by Crippen LogP contribution is -2.44. The molecule has 0 aliphatic carbocycles. The molecule has 2 aromatic rings. The van der Waals surface area contributed by atoms with Crippen LogP contribution in [0.3, 0.4) is 0 Å². The molecule has 0 saturated carbocycles. The van der Waals surface area contributed by atoms with Gasteiger partial charge in [-0.15, -0.1) is 0 Å². The van der Waals surface area contributed by atoms with Crippen LogP contribution in [0.4, 0.5) is 0 Å². The molecule has 3 N–H and O–H groups in total. The number of carboxylic acid groups (broad SMARTS) is 1. The maximum absolute atomic E-state index is 12.9. The maximum Gasteiger partial charge on any atom is 0.326 e. The lowest BCUT2D eigenvalue weighted by molar-refractivity contribution is -0.141. The number of carbonyl (C=O) groups excluding carboxylic acids is 2. The molecule has 0 bridgehead atoms. The molecule has 2 amide bonds. The summed E-state index contributed by atoms with van der Waals surface area (Å²) in [6.45, 7) is 0. The highest BCUT2D eigenvalue weighted by Gasteiger charge is 2.23. The molecule has 164 valence electrons. The second-order valence-corrected chi connectivity index (χ2v) is 8.31. The summed E-state index contributed by atoms with van der Waals surface area (Å²) in [5, 5.41) is 14.5. The number of halogens is 1. The van der Waals surface area contributed by atoms with Gasteiger partial charge in [-0.1, -0.05) is 40.2 Å². The first kappa shape index (κ1) is 24.5. The fraction of sp³-hybridized carbons (Fsp3) is 0.227. The van der Waals surface area contributed by atoms with Gasteiger partial charge in [0.1, 0.15) is 17.5 Å². The van der Waals surface area contributed by atoms with Gasteiger partial charge in [0.25, 0.3) is 11.8 Å². The third-order valence-corrected chi connectivity index (χ3v) is 5.41. The van der Waals surface area contributed by atoms with Crippen molar-refractivity contribution in [1.82, 2.24) is 10.6 Å². The van der Waals surface area contributed by atoms with E-state index in [1.165, 1.54) is 24.9 Å². The Balaban J connectivity index is 2.33. The molecule has 31 heavy (non-hydrogen) atoms.